The quantitative estimate of drug-likeness (QED) is 0.0410. The second kappa shape index (κ2) is 22.2. The van der Waals surface area contributed by atoms with Crippen molar-refractivity contribution < 1.29 is 66.8 Å². The maximum atomic E-state index is 13.2. The van der Waals surface area contributed by atoms with Crippen molar-refractivity contribution in [2.45, 2.75) is 148 Å². The molecule has 0 aliphatic heterocycles. The molecule has 0 rings (SSSR count). The minimum Gasteiger partial charge on any atom is -0.461 e. The van der Waals surface area contributed by atoms with E-state index in [1.54, 1.807) is 96.9 Å². The minimum absolute atomic E-state index is 0.0241. The summed E-state index contributed by atoms with van der Waals surface area (Å²) in [7, 11) is 0. The Hall–Kier alpha value is -3.84. The van der Waals surface area contributed by atoms with E-state index in [-0.39, 0.29) is 89.4 Å². The van der Waals surface area contributed by atoms with Crippen LogP contribution in [0.25, 0.3) is 0 Å². The molecule has 0 N–H and O–H groups in total. The summed E-state index contributed by atoms with van der Waals surface area (Å²) in [6.45, 7) is 21.6. The lowest BCUT2D eigenvalue weighted by atomic mass is 9.69. The fourth-order valence-electron chi connectivity index (χ4n) is 6.80. The van der Waals surface area contributed by atoms with Crippen LogP contribution in [0.2, 0.25) is 0 Å². The van der Waals surface area contributed by atoms with Crippen molar-refractivity contribution in [3.05, 3.63) is 0 Å². The van der Waals surface area contributed by atoms with Gasteiger partial charge in [0.2, 0.25) is 0 Å². The van der Waals surface area contributed by atoms with E-state index in [9.17, 15) is 38.4 Å². The first-order valence-electron chi connectivity index (χ1n) is 20.1. The summed E-state index contributed by atoms with van der Waals surface area (Å²) in [6, 6.07) is 0. The van der Waals surface area contributed by atoms with Gasteiger partial charge in [-0.15, -0.1) is 0 Å². The summed E-state index contributed by atoms with van der Waals surface area (Å²) in [5.41, 5.74) is -7.58. The number of ketones is 2. The summed E-state index contributed by atoms with van der Waals surface area (Å²) in [5.74, 6) is -5.46. The molecule has 0 aliphatic carbocycles. The van der Waals surface area contributed by atoms with Crippen molar-refractivity contribution in [3.63, 3.8) is 0 Å². The molecule has 0 aliphatic rings. The lowest BCUT2D eigenvalue weighted by molar-refractivity contribution is -0.181. The van der Waals surface area contributed by atoms with E-state index in [0.29, 0.717) is 0 Å². The highest BCUT2D eigenvalue weighted by atomic mass is 16.6. The number of carbonyl (C=O) groups is 8. The third-order valence-corrected chi connectivity index (χ3v) is 11.1. The largest absolute Gasteiger partial charge is 0.461 e. The first-order chi connectivity index (χ1) is 25.9. The fraction of sp³-hybridized carbons (Fsp3) is 0.810. The van der Waals surface area contributed by atoms with E-state index in [4.69, 9.17) is 28.4 Å². The van der Waals surface area contributed by atoms with Crippen LogP contribution in [0.15, 0.2) is 0 Å². The lowest BCUT2D eigenvalue weighted by Gasteiger charge is -2.33. The topological polar surface area (TPSA) is 192 Å². The zero-order valence-electron chi connectivity index (χ0n) is 36.6. The van der Waals surface area contributed by atoms with Crippen LogP contribution in [0.3, 0.4) is 0 Å². The molecule has 0 bridgehead atoms. The van der Waals surface area contributed by atoms with E-state index in [0.717, 1.165) is 0 Å². The standard InChI is InChI=1S/C42H70O14/c1-15-39(16-2,29(43)37(9,10)11)31(45)51-23-25-53-33(47)41(19-5,20-6)35(49)55-27-28-56-36(50)42(21-7,22-8)34(48)54-26-24-52-32(46)40(17-3,18-4)30(44)38(12,13)14/h15-28H2,1-14H3. The number of ether oxygens (including phenoxy) is 6. The number of esters is 6. The molecule has 0 amide bonds. The van der Waals surface area contributed by atoms with Crippen molar-refractivity contribution in [2.24, 2.45) is 32.5 Å². The molecule has 0 saturated carbocycles. The second-order valence-corrected chi connectivity index (χ2v) is 16.1. The summed E-state index contributed by atoms with van der Waals surface area (Å²) in [5, 5.41) is 0. The molecule has 0 aromatic heterocycles. The molecule has 0 unspecified atom stereocenters. The summed E-state index contributed by atoms with van der Waals surface area (Å²) in [4.78, 5) is 105. The number of carbonyl (C=O) groups excluding carboxylic acids is 8. The van der Waals surface area contributed by atoms with Crippen LogP contribution in [0.4, 0.5) is 0 Å². The number of hydrogen-bond acceptors (Lipinski definition) is 14. The molecule has 0 heterocycles. The highest BCUT2D eigenvalue weighted by Gasteiger charge is 2.51. The first kappa shape index (κ1) is 52.2. The molecule has 14 heteroatoms. The molecular formula is C42H70O14. The molecule has 0 atom stereocenters. The molecule has 0 radical (unpaired) electrons. The average molecular weight is 799 g/mol. The smallest absolute Gasteiger partial charge is 0.323 e. The highest BCUT2D eigenvalue weighted by molar-refractivity contribution is 6.07. The van der Waals surface area contributed by atoms with E-state index < -0.39 is 81.5 Å². The molecule has 56 heavy (non-hydrogen) atoms. The van der Waals surface area contributed by atoms with Gasteiger partial charge in [-0.25, -0.2) is 0 Å². The predicted octanol–water partition coefficient (Wildman–Crippen LogP) is 6.70. The SMILES string of the molecule is CCC(CC)(C(=O)OCCOC(=O)C(CC)(CC)C(=O)OCCOC(=O)C(CC)(CC)C(=O)C(C)(C)C)C(=O)OCCOC(=O)C(CC)(CC)C(=O)C(C)(C)C. The van der Waals surface area contributed by atoms with Crippen molar-refractivity contribution >= 4 is 47.4 Å². The highest BCUT2D eigenvalue weighted by Crippen LogP contribution is 2.38. The normalized spacial score (nSPS) is 12.6. The Bertz CT molecular complexity index is 1260. The van der Waals surface area contributed by atoms with Crippen LogP contribution in [-0.2, 0) is 66.8 Å². The van der Waals surface area contributed by atoms with Gasteiger partial charge in [-0.2, -0.15) is 0 Å². The van der Waals surface area contributed by atoms with Crippen molar-refractivity contribution in [1.29, 1.82) is 0 Å². The Labute approximate surface area is 334 Å². The molecule has 0 aromatic rings. The Morgan fingerprint density at radius 3 is 0.554 bits per heavy atom. The molecule has 0 aromatic carbocycles. The van der Waals surface area contributed by atoms with Gasteiger partial charge in [0, 0.05) is 10.8 Å². The van der Waals surface area contributed by atoms with Crippen molar-refractivity contribution in [1.82, 2.24) is 0 Å². The summed E-state index contributed by atoms with van der Waals surface area (Å²) < 4.78 is 32.1. The monoisotopic (exact) mass is 798 g/mol. The Balaban J connectivity index is 5.34. The summed E-state index contributed by atoms with van der Waals surface area (Å²) in [6.07, 6.45) is 1.08. The fourth-order valence-corrected chi connectivity index (χ4v) is 6.80. The molecule has 0 saturated heterocycles. The maximum Gasteiger partial charge on any atom is 0.323 e. The van der Waals surface area contributed by atoms with Gasteiger partial charge in [0.05, 0.1) is 0 Å². The van der Waals surface area contributed by atoms with Gasteiger partial charge in [-0.05, 0) is 51.4 Å². The van der Waals surface area contributed by atoms with Crippen LogP contribution in [0, 0.1) is 32.5 Å². The first-order valence-corrected chi connectivity index (χ1v) is 20.1. The van der Waals surface area contributed by atoms with Crippen LogP contribution in [-0.4, -0.2) is 87.0 Å². The van der Waals surface area contributed by atoms with Gasteiger partial charge in [-0.1, -0.05) is 96.9 Å². The van der Waals surface area contributed by atoms with Crippen LogP contribution < -0.4 is 0 Å². The van der Waals surface area contributed by atoms with Crippen LogP contribution in [0.5, 0.6) is 0 Å². The van der Waals surface area contributed by atoms with E-state index in [2.05, 4.69) is 0 Å². The number of rotatable bonds is 25. The average Bonchev–Trinajstić information content (AvgIpc) is 3.15. The number of Topliss-reactive ketones (excluding diaryl/α,β-unsaturated/α-hetero) is 2. The Morgan fingerprint density at radius 2 is 0.429 bits per heavy atom. The zero-order chi connectivity index (χ0) is 43.8. The van der Waals surface area contributed by atoms with Gasteiger partial charge in [0.15, 0.2) is 22.4 Å². The molecule has 322 valence electrons. The van der Waals surface area contributed by atoms with E-state index >= 15 is 0 Å². The minimum atomic E-state index is -1.69. The molecular weight excluding hydrogens is 728 g/mol. The summed E-state index contributed by atoms with van der Waals surface area (Å²) >= 11 is 0. The van der Waals surface area contributed by atoms with Gasteiger partial charge in [0.1, 0.15) is 50.5 Å². The van der Waals surface area contributed by atoms with Gasteiger partial charge in [-0.3, -0.25) is 38.4 Å². The Kier molecular flexibility index (Phi) is 20.7. The maximum absolute atomic E-state index is 13.2. The zero-order valence-corrected chi connectivity index (χ0v) is 36.6. The van der Waals surface area contributed by atoms with Crippen molar-refractivity contribution in [3.8, 4) is 0 Å². The number of hydrogen-bond donors (Lipinski definition) is 0. The van der Waals surface area contributed by atoms with Gasteiger partial charge < -0.3 is 28.4 Å². The molecule has 14 nitrogen and oxygen atoms in total. The van der Waals surface area contributed by atoms with Crippen LogP contribution in [0.1, 0.15) is 148 Å². The van der Waals surface area contributed by atoms with Gasteiger partial charge in [0.25, 0.3) is 0 Å². The van der Waals surface area contributed by atoms with E-state index in [1.807, 2.05) is 0 Å². The van der Waals surface area contributed by atoms with Crippen LogP contribution >= 0.6 is 0 Å². The third-order valence-electron chi connectivity index (χ3n) is 11.1. The third kappa shape index (κ3) is 11.8. The second-order valence-electron chi connectivity index (χ2n) is 16.1. The van der Waals surface area contributed by atoms with Crippen molar-refractivity contribution in [2.75, 3.05) is 39.6 Å². The lowest BCUT2D eigenvalue weighted by Crippen LogP contribution is -2.46. The predicted molar refractivity (Wildman–Crippen MR) is 207 cm³/mol. The molecule has 0 spiro atoms. The molecule has 0 fully saturated rings. The van der Waals surface area contributed by atoms with Gasteiger partial charge >= 0.3 is 35.8 Å². The Morgan fingerprint density at radius 1 is 0.286 bits per heavy atom. The van der Waals surface area contributed by atoms with E-state index in [1.165, 1.54) is 0 Å².